The molecule has 1 unspecified atom stereocenters. The van der Waals surface area contributed by atoms with E-state index in [1.165, 1.54) is 0 Å². The molecule has 1 aromatic carbocycles. The number of ether oxygens (including phenoxy) is 1. The molecule has 0 saturated heterocycles. The van der Waals surface area contributed by atoms with Gasteiger partial charge in [0.25, 0.3) is 15.8 Å². The second-order valence-electron chi connectivity index (χ2n) is 5.31. The first kappa shape index (κ1) is 19.8. The summed E-state index contributed by atoms with van der Waals surface area (Å²) < 4.78 is 118. The largest absolute Gasteiger partial charge is 0.501 e. The van der Waals surface area contributed by atoms with Crippen molar-refractivity contribution >= 4 is 9.84 Å². The fourth-order valence-electron chi connectivity index (χ4n) is 2.37. The van der Waals surface area contributed by atoms with E-state index in [0.29, 0.717) is 12.1 Å². The van der Waals surface area contributed by atoms with E-state index in [2.05, 4.69) is 0 Å². The molecule has 0 saturated carbocycles. The fourth-order valence-corrected chi connectivity index (χ4v) is 3.39. The van der Waals surface area contributed by atoms with E-state index in [1.807, 2.05) is 0 Å². The van der Waals surface area contributed by atoms with Crippen LogP contribution in [-0.4, -0.2) is 44.4 Å². The average molecular weight is 396 g/mol. The van der Waals surface area contributed by atoms with Crippen molar-refractivity contribution in [3.63, 3.8) is 0 Å². The van der Waals surface area contributed by atoms with Crippen molar-refractivity contribution in [3.05, 3.63) is 23.3 Å². The first-order chi connectivity index (χ1) is 11.3. The molecule has 1 aliphatic carbocycles. The highest BCUT2D eigenvalue weighted by Gasteiger charge is 2.55. The molecular formula is C13H11F7O4S. The Morgan fingerprint density at radius 3 is 2.44 bits per heavy atom. The molecule has 0 radical (unpaired) electrons. The number of aliphatic hydroxyl groups is 1. The lowest BCUT2D eigenvalue weighted by molar-refractivity contribution is -0.0978. The van der Waals surface area contributed by atoms with Crippen LogP contribution >= 0.6 is 0 Å². The molecule has 25 heavy (non-hydrogen) atoms. The minimum atomic E-state index is -6.02. The second-order valence-corrected chi connectivity index (χ2v) is 7.22. The van der Waals surface area contributed by atoms with Crippen molar-refractivity contribution < 1.29 is 49.0 Å². The first-order valence-corrected chi connectivity index (χ1v) is 8.17. The molecule has 0 amide bonds. The molecule has 1 aliphatic rings. The molecule has 0 fully saturated rings. The molecule has 2 atom stereocenters. The summed E-state index contributed by atoms with van der Waals surface area (Å²) in [6.45, 7) is -2.36. The molecule has 0 spiro atoms. The fraction of sp³-hybridized carbons (Fsp3) is 0.538. The van der Waals surface area contributed by atoms with Crippen LogP contribution in [0.15, 0.2) is 17.0 Å². The van der Waals surface area contributed by atoms with Crippen LogP contribution in [0.25, 0.3) is 0 Å². The summed E-state index contributed by atoms with van der Waals surface area (Å²) in [6.07, 6.45) is -6.24. The lowest BCUT2D eigenvalue weighted by Crippen LogP contribution is -2.26. The second kappa shape index (κ2) is 6.31. The number of benzene rings is 1. The van der Waals surface area contributed by atoms with Crippen LogP contribution in [0.3, 0.4) is 0 Å². The molecule has 12 heteroatoms. The number of alkyl halides is 7. The predicted octanol–water partition coefficient (Wildman–Crippen LogP) is 2.89. The van der Waals surface area contributed by atoms with Crippen LogP contribution in [0.4, 0.5) is 30.7 Å². The van der Waals surface area contributed by atoms with Gasteiger partial charge in [0.1, 0.15) is 25.1 Å². The van der Waals surface area contributed by atoms with Gasteiger partial charge in [-0.05, 0) is 12.1 Å². The predicted molar refractivity (Wildman–Crippen MR) is 69.7 cm³/mol. The number of sulfone groups is 1. The zero-order valence-electron chi connectivity index (χ0n) is 12.2. The highest BCUT2D eigenvalue weighted by Crippen LogP contribution is 2.50. The van der Waals surface area contributed by atoms with Gasteiger partial charge in [-0.3, -0.25) is 0 Å². The van der Waals surface area contributed by atoms with Gasteiger partial charge in [0.2, 0.25) is 0 Å². The number of aliphatic hydroxyl groups excluding tert-OH is 1. The number of hydrogen-bond donors (Lipinski definition) is 1. The van der Waals surface area contributed by atoms with Crippen molar-refractivity contribution in [2.45, 2.75) is 35.0 Å². The van der Waals surface area contributed by atoms with Crippen LogP contribution in [0.2, 0.25) is 0 Å². The first-order valence-electron chi connectivity index (χ1n) is 6.68. The van der Waals surface area contributed by atoms with Crippen LogP contribution in [-0.2, 0) is 16.3 Å². The molecule has 0 heterocycles. The molecule has 4 nitrogen and oxygen atoms in total. The third-order valence-electron chi connectivity index (χ3n) is 3.54. The lowest BCUT2D eigenvalue weighted by atomic mass is 10.1. The Morgan fingerprint density at radius 1 is 1.32 bits per heavy atom. The molecule has 0 aromatic heterocycles. The summed E-state index contributed by atoms with van der Waals surface area (Å²) in [5.41, 5.74) is -7.64. The van der Waals surface area contributed by atoms with E-state index in [0.717, 1.165) is 0 Å². The van der Waals surface area contributed by atoms with Crippen molar-refractivity contribution in [1.82, 2.24) is 0 Å². The van der Waals surface area contributed by atoms with Gasteiger partial charge in [-0.1, -0.05) is 0 Å². The van der Waals surface area contributed by atoms with Gasteiger partial charge in [-0.25, -0.2) is 26.0 Å². The number of hydrogen-bond acceptors (Lipinski definition) is 4. The summed E-state index contributed by atoms with van der Waals surface area (Å²) in [5.74, 6) is -4.50. The van der Waals surface area contributed by atoms with Gasteiger partial charge >= 0.3 is 5.51 Å². The van der Waals surface area contributed by atoms with Gasteiger partial charge in [-0.2, -0.15) is 13.2 Å². The minimum absolute atomic E-state index is 0.338. The number of fused-ring (bicyclic) bond motifs is 1. The molecule has 142 valence electrons. The van der Waals surface area contributed by atoms with Crippen LogP contribution in [0.5, 0.6) is 5.75 Å². The Labute approximate surface area is 137 Å². The lowest BCUT2D eigenvalue weighted by Gasteiger charge is -2.18. The Balaban J connectivity index is 2.59. The molecule has 1 aromatic rings. The summed E-state index contributed by atoms with van der Waals surface area (Å²) in [4.78, 5) is -1.53. The van der Waals surface area contributed by atoms with Crippen LogP contribution in [0, 0.1) is 0 Å². The maximum Gasteiger partial charge on any atom is 0.501 e. The number of rotatable bonds is 5. The van der Waals surface area contributed by atoms with Gasteiger partial charge < -0.3 is 9.84 Å². The third kappa shape index (κ3) is 3.41. The Kier molecular flexibility index (Phi) is 4.99. The van der Waals surface area contributed by atoms with E-state index >= 15 is 0 Å². The van der Waals surface area contributed by atoms with E-state index in [-0.39, 0.29) is 0 Å². The highest BCUT2D eigenvalue weighted by atomic mass is 32.2. The minimum Gasteiger partial charge on any atom is -0.490 e. The maximum absolute atomic E-state index is 13.7. The maximum atomic E-state index is 13.7. The van der Waals surface area contributed by atoms with E-state index in [9.17, 15) is 44.3 Å². The monoisotopic (exact) mass is 396 g/mol. The van der Waals surface area contributed by atoms with Crippen molar-refractivity contribution in [2.24, 2.45) is 0 Å². The van der Waals surface area contributed by atoms with Gasteiger partial charge in [0.15, 0.2) is 6.17 Å². The normalized spacial score (nSPS) is 21.0. The summed E-state index contributed by atoms with van der Waals surface area (Å²) >= 11 is 0. The van der Waals surface area contributed by atoms with E-state index in [1.54, 1.807) is 0 Å². The highest BCUT2D eigenvalue weighted by molar-refractivity contribution is 7.92. The zero-order valence-corrected chi connectivity index (χ0v) is 13.0. The number of halogens is 7. The van der Waals surface area contributed by atoms with Crippen molar-refractivity contribution in [2.75, 3.05) is 13.3 Å². The summed E-state index contributed by atoms with van der Waals surface area (Å²) in [5, 5.41) is 9.60. The van der Waals surface area contributed by atoms with Gasteiger partial charge in [-0.15, -0.1) is 0 Å². The summed E-state index contributed by atoms with van der Waals surface area (Å²) in [6, 6.07) is 0.973. The van der Waals surface area contributed by atoms with Gasteiger partial charge in [0, 0.05) is 17.5 Å². The van der Waals surface area contributed by atoms with E-state index in [4.69, 9.17) is 4.74 Å². The molecular weight excluding hydrogens is 385 g/mol. The standard InChI is InChI=1S/C13H11F7O4S/c14-4-6(15)5-24-8-1-2-9(25(22,23)13(18,19)20)10-7(8)3-12(16,17)11(10)21/h1-2,6,11,21H,3-5H2/t6?,11-/m0/s1. The van der Waals surface area contributed by atoms with Crippen LogP contribution in [0.1, 0.15) is 17.2 Å². The van der Waals surface area contributed by atoms with Crippen molar-refractivity contribution in [3.8, 4) is 5.75 Å². The van der Waals surface area contributed by atoms with E-state index < -0.39 is 75.0 Å². The van der Waals surface area contributed by atoms with Gasteiger partial charge in [0.05, 0.1) is 4.90 Å². The zero-order chi connectivity index (χ0) is 19.2. The summed E-state index contributed by atoms with van der Waals surface area (Å²) in [7, 11) is -6.02. The molecule has 0 aliphatic heterocycles. The SMILES string of the molecule is O=S(=O)(c1ccc(OCC(F)CF)c2c1[C@H](O)C(F)(F)C2)C(F)(F)F. The topological polar surface area (TPSA) is 63.6 Å². The smallest absolute Gasteiger partial charge is 0.490 e. The molecule has 2 rings (SSSR count). The Morgan fingerprint density at radius 2 is 1.92 bits per heavy atom. The molecule has 1 N–H and O–H groups in total. The van der Waals surface area contributed by atoms with Crippen LogP contribution < -0.4 is 4.74 Å². The Hall–Kier alpha value is -1.56. The quantitative estimate of drug-likeness (QED) is 0.778. The average Bonchev–Trinajstić information content (AvgIpc) is 2.74. The Bertz CT molecular complexity index is 760. The molecule has 0 bridgehead atoms. The van der Waals surface area contributed by atoms with Crippen molar-refractivity contribution in [1.29, 1.82) is 0 Å². The third-order valence-corrected chi connectivity index (χ3v) is 5.09.